The highest BCUT2D eigenvalue weighted by Crippen LogP contribution is 2.40. The predicted octanol–water partition coefficient (Wildman–Crippen LogP) is 6.48. The van der Waals surface area contributed by atoms with E-state index >= 15 is 0 Å². The smallest absolute Gasteiger partial charge is 0.0660 e. The molecule has 1 unspecified atom stereocenters. The summed E-state index contributed by atoms with van der Waals surface area (Å²) in [4.78, 5) is 0.219. The zero-order valence-electron chi connectivity index (χ0n) is 12.6. The Kier molecular flexibility index (Phi) is 4.76. The summed E-state index contributed by atoms with van der Waals surface area (Å²) >= 11 is 7.57. The fourth-order valence-electron chi connectivity index (χ4n) is 2.75. The van der Waals surface area contributed by atoms with Crippen molar-refractivity contribution in [1.82, 2.24) is 0 Å². The van der Waals surface area contributed by atoms with E-state index in [0.717, 1.165) is 4.47 Å². The van der Waals surface area contributed by atoms with Crippen LogP contribution in [0.1, 0.15) is 43.8 Å². The van der Waals surface area contributed by atoms with E-state index in [-0.39, 0.29) is 4.83 Å². The lowest BCUT2D eigenvalue weighted by Gasteiger charge is -2.23. The van der Waals surface area contributed by atoms with Crippen LogP contribution < -0.4 is 0 Å². The van der Waals surface area contributed by atoms with Crippen LogP contribution >= 0.6 is 31.9 Å². The second kappa shape index (κ2) is 6.03. The van der Waals surface area contributed by atoms with E-state index in [1.54, 1.807) is 0 Å². The van der Waals surface area contributed by atoms with Gasteiger partial charge in [-0.05, 0) is 79.6 Å². The molecule has 0 amide bonds. The summed E-state index contributed by atoms with van der Waals surface area (Å²) in [7, 11) is 0. The van der Waals surface area contributed by atoms with Crippen molar-refractivity contribution in [3.05, 3.63) is 67.7 Å². The van der Waals surface area contributed by atoms with Crippen molar-refractivity contribution in [2.45, 2.75) is 39.4 Å². The summed E-state index contributed by atoms with van der Waals surface area (Å²) in [5.41, 5.74) is 9.68. The van der Waals surface area contributed by atoms with E-state index in [4.69, 9.17) is 0 Å². The maximum Gasteiger partial charge on any atom is 0.0660 e. The van der Waals surface area contributed by atoms with E-state index in [1.165, 1.54) is 38.9 Å². The van der Waals surface area contributed by atoms with E-state index in [0.29, 0.717) is 0 Å². The molecule has 0 fully saturated rings. The van der Waals surface area contributed by atoms with Crippen molar-refractivity contribution in [1.29, 1.82) is 0 Å². The molecule has 0 bridgehead atoms. The van der Waals surface area contributed by atoms with E-state index in [1.807, 2.05) is 0 Å². The molecule has 0 radical (unpaired) electrons. The molecular formula is C18H20Br2. The Balaban J connectivity index is 2.68. The maximum absolute atomic E-state index is 3.91. The summed E-state index contributed by atoms with van der Waals surface area (Å²) in [6.45, 7) is 11.1. The van der Waals surface area contributed by atoms with Gasteiger partial charge in [0.1, 0.15) is 0 Å². The molecule has 0 aliphatic carbocycles. The van der Waals surface area contributed by atoms with Gasteiger partial charge in [0.05, 0.1) is 4.83 Å². The van der Waals surface area contributed by atoms with Gasteiger partial charge in [-0.2, -0.15) is 0 Å². The van der Waals surface area contributed by atoms with E-state index in [9.17, 15) is 0 Å². The monoisotopic (exact) mass is 394 g/mol. The van der Waals surface area contributed by atoms with Gasteiger partial charge in [-0.15, -0.1) is 0 Å². The van der Waals surface area contributed by atoms with Crippen molar-refractivity contribution in [2.75, 3.05) is 0 Å². The number of alkyl halides is 1. The Morgan fingerprint density at radius 2 is 1.20 bits per heavy atom. The van der Waals surface area contributed by atoms with Crippen LogP contribution in [0.2, 0.25) is 0 Å². The second-order valence-corrected chi connectivity index (χ2v) is 7.19. The first kappa shape index (κ1) is 15.8. The van der Waals surface area contributed by atoms with Crippen molar-refractivity contribution < 1.29 is 0 Å². The normalized spacial score (nSPS) is 12.6. The molecule has 2 aromatic carbocycles. The lowest BCUT2D eigenvalue weighted by Crippen LogP contribution is -2.06. The van der Waals surface area contributed by atoms with Gasteiger partial charge < -0.3 is 0 Å². The summed E-state index contributed by atoms with van der Waals surface area (Å²) in [5, 5.41) is 0. The first-order valence-electron chi connectivity index (χ1n) is 6.81. The second-order valence-electron chi connectivity index (χ2n) is 5.42. The van der Waals surface area contributed by atoms with Crippen LogP contribution in [-0.2, 0) is 0 Å². The van der Waals surface area contributed by atoms with Gasteiger partial charge in [0.2, 0.25) is 0 Å². The molecular weight excluding hydrogens is 376 g/mol. The Bertz CT molecular complexity index is 628. The molecule has 2 rings (SSSR count). The average molecular weight is 396 g/mol. The Morgan fingerprint density at radius 3 is 1.70 bits per heavy atom. The van der Waals surface area contributed by atoms with Gasteiger partial charge in [-0.25, -0.2) is 0 Å². The molecule has 0 aliphatic heterocycles. The fraction of sp³-hybridized carbons (Fsp3) is 0.333. The third-order valence-corrected chi connectivity index (χ3v) is 6.16. The third kappa shape index (κ3) is 2.60. The van der Waals surface area contributed by atoms with Crippen LogP contribution in [0.4, 0.5) is 0 Å². The van der Waals surface area contributed by atoms with Crippen LogP contribution in [0, 0.1) is 34.6 Å². The highest BCUT2D eigenvalue weighted by Gasteiger charge is 2.21. The molecule has 0 spiro atoms. The topological polar surface area (TPSA) is 0 Å². The molecule has 0 aromatic heterocycles. The first-order valence-corrected chi connectivity index (χ1v) is 8.52. The van der Waals surface area contributed by atoms with Gasteiger partial charge in [-0.1, -0.05) is 50.1 Å². The predicted molar refractivity (Wildman–Crippen MR) is 95.0 cm³/mol. The Hall–Kier alpha value is -0.600. The molecule has 2 heteroatoms. The van der Waals surface area contributed by atoms with Crippen LogP contribution in [0.3, 0.4) is 0 Å². The quantitative estimate of drug-likeness (QED) is 0.510. The SMILES string of the molecule is Cc1c(C)c(C)c(C(Br)c2ccccc2Br)c(C)c1C. The lowest BCUT2D eigenvalue weighted by atomic mass is 9.87. The molecule has 20 heavy (non-hydrogen) atoms. The minimum atomic E-state index is 0.219. The highest BCUT2D eigenvalue weighted by atomic mass is 79.9. The lowest BCUT2D eigenvalue weighted by molar-refractivity contribution is 1.05. The average Bonchev–Trinajstić information content (AvgIpc) is 2.43. The number of rotatable bonds is 2. The fourth-order valence-corrected chi connectivity index (χ4v) is 4.65. The Labute approximate surface area is 138 Å². The highest BCUT2D eigenvalue weighted by molar-refractivity contribution is 9.11. The first-order chi connectivity index (χ1) is 9.36. The molecule has 0 heterocycles. The standard InChI is InChI=1S/C18H20Br2/c1-10-11(2)13(4)17(14(5)12(10)3)18(20)15-8-6-7-9-16(15)19/h6-9,18H,1-5H3. The zero-order chi connectivity index (χ0) is 15.0. The van der Waals surface area contributed by atoms with Gasteiger partial charge >= 0.3 is 0 Å². The van der Waals surface area contributed by atoms with Crippen molar-refractivity contribution >= 4 is 31.9 Å². The van der Waals surface area contributed by atoms with Crippen molar-refractivity contribution in [3.63, 3.8) is 0 Å². The molecule has 1 atom stereocenters. The van der Waals surface area contributed by atoms with Gasteiger partial charge in [0, 0.05) is 4.47 Å². The van der Waals surface area contributed by atoms with Crippen LogP contribution in [0.15, 0.2) is 28.7 Å². The maximum atomic E-state index is 3.91. The summed E-state index contributed by atoms with van der Waals surface area (Å²) in [5.74, 6) is 0. The third-order valence-electron chi connectivity index (χ3n) is 4.49. The molecule has 2 aromatic rings. The van der Waals surface area contributed by atoms with Crippen LogP contribution in [-0.4, -0.2) is 0 Å². The summed E-state index contributed by atoms with van der Waals surface area (Å²) in [6, 6.07) is 8.42. The molecule has 0 N–H and O–H groups in total. The van der Waals surface area contributed by atoms with Crippen molar-refractivity contribution in [2.24, 2.45) is 0 Å². The van der Waals surface area contributed by atoms with Gasteiger partial charge in [-0.3, -0.25) is 0 Å². The summed E-state index contributed by atoms with van der Waals surface area (Å²) < 4.78 is 1.15. The molecule has 0 saturated heterocycles. The minimum absolute atomic E-state index is 0.219. The molecule has 106 valence electrons. The van der Waals surface area contributed by atoms with Crippen LogP contribution in [0.25, 0.3) is 0 Å². The largest absolute Gasteiger partial charge is 0.0786 e. The van der Waals surface area contributed by atoms with Crippen molar-refractivity contribution in [3.8, 4) is 0 Å². The number of halogens is 2. The number of hydrogen-bond donors (Lipinski definition) is 0. The van der Waals surface area contributed by atoms with Gasteiger partial charge in [0.15, 0.2) is 0 Å². The van der Waals surface area contributed by atoms with E-state index < -0.39 is 0 Å². The molecule has 0 saturated carbocycles. The molecule has 0 aliphatic rings. The Morgan fingerprint density at radius 1 is 0.750 bits per heavy atom. The number of benzene rings is 2. The van der Waals surface area contributed by atoms with Crippen LogP contribution in [0.5, 0.6) is 0 Å². The summed E-state index contributed by atoms with van der Waals surface area (Å²) in [6.07, 6.45) is 0. The zero-order valence-corrected chi connectivity index (χ0v) is 15.8. The van der Waals surface area contributed by atoms with Gasteiger partial charge in [0.25, 0.3) is 0 Å². The number of hydrogen-bond acceptors (Lipinski definition) is 0. The minimum Gasteiger partial charge on any atom is -0.0786 e. The molecule has 0 nitrogen and oxygen atoms in total. The van der Waals surface area contributed by atoms with E-state index in [2.05, 4.69) is 90.7 Å².